The van der Waals surface area contributed by atoms with E-state index in [0.717, 1.165) is 4.90 Å². The SMILES string of the molecule is N#C/C(=C/c1ccc(Sc2ccc(Cl)cc2)c([N+](=O)[O-])c1)C(=O)Nc1ccccc1. The number of nitriles is 1. The highest BCUT2D eigenvalue weighted by molar-refractivity contribution is 7.99. The summed E-state index contributed by atoms with van der Waals surface area (Å²) in [5, 5.41) is 24.1. The monoisotopic (exact) mass is 435 g/mol. The van der Waals surface area contributed by atoms with Gasteiger partial charge in [0.1, 0.15) is 11.6 Å². The zero-order valence-corrected chi connectivity index (χ0v) is 17.0. The number of hydrogen-bond acceptors (Lipinski definition) is 5. The number of para-hydroxylation sites is 1. The fraction of sp³-hybridized carbons (Fsp3) is 0. The quantitative estimate of drug-likeness (QED) is 0.223. The molecule has 1 N–H and O–H groups in total. The predicted molar refractivity (Wildman–Crippen MR) is 117 cm³/mol. The molecule has 0 aliphatic heterocycles. The molecule has 0 atom stereocenters. The number of nitro benzene ring substituents is 1. The second kappa shape index (κ2) is 9.74. The molecule has 0 unspecified atom stereocenters. The summed E-state index contributed by atoms with van der Waals surface area (Å²) in [6.45, 7) is 0. The maximum Gasteiger partial charge on any atom is 0.283 e. The molecule has 0 spiro atoms. The summed E-state index contributed by atoms with van der Waals surface area (Å²) in [6.07, 6.45) is 1.32. The highest BCUT2D eigenvalue weighted by atomic mass is 35.5. The number of nitrogens with zero attached hydrogens (tertiary/aromatic N) is 2. The highest BCUT2D eigenvalue weighted by Gasteiger charge is 2.17. The fourth-order valence-electron chi connectivity index (χ4n) is 2.52. The van der Waals surface area contributed by atoms with Crippen molar-refractivity contribution < 1.29 is 9.72 Å². The topological polar surface area (TPSA) is 96.0 Å². The average Bonchev–Trinajstić information content (AvgIpc) is 2.75. The van der Waals surface area contributed by atoms with Gasteiger partial charge >= 0.3 is 0 Å². The summed E-state index contributed by atoms with van der Waals surface area (Å²) in [7, 11) is 0. The smallest absolute Gasteiger partial charge is 0.283 e. The highest BCUT2D eigenvalue weighted by Crippen LogP contribution is 2.36. The van der Waals surface area contributed by atoms with Crippen LogP contribution in [0.25, 0.3) is 6.08 Å². The van der Waals surface area contributed by atoms with Crippen LogP contribution in [0.5, 0.6) is 0 Å². The standard InChI is InChI=1S/C22H14ClN3O3S/c23-17-7-9-19(10-8-17)30-21-11-6-15(13-20(21)26(28)29)12-16(14-24)22(27)25-18-4-2-1-3-5-18/h1-13H,(H,25,27)/b16-12-. The molecular weight excluding hydrogens is 422 g/mol. The van der Waals surface area contributed by atoms with Gasteiger partial charge in [0.25, 0.3) is 11.6 Å². The van der Waals surface area contributed by atoms with Gasteiger partial charge in [-0.2, -0.15) is 5.26 Å². The van der Waals surface area contributed by atoms with E-state index < -0.39 is 10.8 Å². The molecular formula is C22H14ClN3O3S. The van der Waals surface area contributed by atoms with Gasteiger partial charge in [0.15, 0.2) is 0 Å². The summed E-state index contributed by atoms with van der Waals surface area (Å²) < 4.78 is 0. The number of rotatable bonds is 6. The summed E-state index contributed by atoms with van der Waals surface area (Å²) >= 11 is 7.10. The Bertz CT molecular complexity index is 1160. The Hall–Kier alpha value is -3.60. The van der Waals surface area contributed by atoms with Crippen LogP contribution in [0.1, 0.15) is 5.56 Å². The van der Waals surface area contributed by atoms with Crippen LogP contribution in [0.15, 0.2) is 88.2 Å². The van der Waals surface area contributed by atoms with Crippen LogP contribution in [0.2, 0.25) is 5.02 Å². The molecule has 0 aromatic heterocycles. The Morgan fingerprint density at radius 1 is 1.10 bits per heavy atom. The van der Waals surface area contributed by atoms with Gasteiger partial charge in [0.2, 0.25) is 0 Å². The molecule has 6 nitrogen and oxygen atoms in total. The van der Waals surface area contributed by atoms with Crippen molar-refractivity contribution in [2.45, 2.75) is 9.79 Å². The number of carbonyl (C=O) groups excluding carboxylic acids is 1. The van der Waals surface area contributed by atoms with Crippen molar-refractivity contribution in [3.05, 3.63) is 99.1 Å². The lowest BCUT2D eigenvalue weighted by molar-refractivity contribution is -0.387. The van der Waals surface area contributed by atoms with Gasteiger partial charge in [-0.05, 0) is 54.1 Å². The first kappa shape index (κ1) is 21.1. The lowest BCUT2D eigenvalue weighted by Gasteiger charge is -2.06. The predicted octanol–water partition coefficient (Wildman–Crippen LogP) is 5.95. The largest absolute Gasteiger partial charge is 0.321 e. The summed E-state index contributed by atoms with van der Waals surface area (Å²) in [4.78, 5) is 24.6. The van der Waals surface area contributed by atoms with Crippen molar-refractivity contribution >= 4 is 46.7 Å². The van der Waals surface area contributed by atoms with Gasteiger partial charge in [-0.15, -0.1) is 0 Å². The van der Waals surface area contributed by atoms with Crippen LogP contribution in [0, 0.1) is 21.4 Å². The van der Waals surface area contributed by atoms with Crippen LogP contribution in [-0.2, 0) is 4.79 Å². The molecule has 0 saturated heterocycles. The number of amides is 1. The maximum absolute atomic E-state index is 12.4. The van der Waals surface area contributed by atoms with E-state index in [1.54, 1.807) is 66.7 Å². The van der Waals surface area contributed by atoms with Crippen LogP contribution in [0.3, 0.4) is 0 Å². The number of anilines is 1. The van der Waals surface area contributed by atoms with Gasteiger partial charge in [-0.25, -0.2) is 0 Å². The van der Waals surface area contributed by atoms with E-state index in [1.165, 1.54) is 23.9 Å². The minimum atomic E-state index is -0.592. The molecule has 0 bridgehead atoms. The van der Waals surface area contributed by atoms with Gasteiger partial charge < -0.3 is 5.32 Å². The Morgan fingerprint density at radius 3 is 2.43 bits per heavy atom. The normalized spacial score (nSPS) is 10.9. The van der Waals surface area contributed by atoms with Crippen molar-refractivity contribution in [2.24, 2.45) is 0 Å². The van der Waals surface area contributed by atoms with E-state index in [-0.39, 0.29) is 11.3 Å². The number of nitrogens with one attached hydrogen (secondary N) is 1. The van der Waals surface area contributed by atoms with Crippen molar-refractivity contribution in [3.63, 3.8) is 0 Å². The van der Waals surface area contributed by atoms with Gasteiger partial charge in [-0.1, -0.05) is 47.6 Å². The summed E-state index contributed by atoms with van der Waals surface area (Å²) in [6, 6.07) is 22.1. The van der Waals surface area contributed by atoms with E-state index in [2.05, 4.69) is 5.32 Å². The zero-order chi connectivity index (χ0) is 21.5. The number of halogens is 1. The maximum atomic E-state index is 12.4. The minimum absolute atomic E-state index is 0.121. The van der Waals surface area contributed by atoms with Gasteiger partial charge in [0.05, 0.1) is 9.82 Å². The Morgan fingerprint density at radius 2 is 1.80 bits per heavy atom. The molecule has 0 saturated carbocycles. The average molecular weight is 436 g/mol. The molecule has 3 rings (SSSR count). The Kier molecular flexibility index (Phi) is 6.86. The Labute approximate surface area is 181 Å². The molecule has 0 fully saturated rings. The lowest BCUT2D eigenvalue weighted by atomic mass is 10.1. The van der Waals surface area contributed by atoms with Gasteiger partial charge in [0, 0.05) is 21.7 Å². The molecule has 0 heterocycles. The van der Waals surface area contributed by atoms with E-state index >= 15 is 0 Å². The number of hydrogen-bond donors (Lipinski definition) is 1. The molecule has 8 heteroatoms. The summed E-state index contributed by atoms with van der Waals surface area (Å²) in [5.41, 5.74) is 0.641. The van der Waals surface area contributed by atoms with Crippen LogP contribution < -0.4 is 5.32 Å². The number of carbonyl (C=O) groups is 1. The Balaban J connectivity index is 1.87. The first-order valence-electron chi connectivity index (χ1n) is 8.66. The lowest BCUT2D eigenvalue weighted by Crippen LogP contribution is -2.13. The second-order valence-electron chi connectivity index (χ2n) is 6.03. The third-order valence-corrected chi connectivity index (χ3v) is 5.25. The molecule has 3 aromatic rings. The third kappa shape index (κ3) is 5.47. The molecule has 30 heavy (non-hydrogen) atoms. The van der Waals surface area contributed by atoms with Crippen LogP contribution >= 0.6 is 23.4 Å². The van der Waals surface area contributed by atoms with E-state index in [0.29, 0.717) is 21.2 Å². The molecule has 148 valence electrons. The zero-order valence-electron chi connectivity index (χ0n) is 15.4. The van der Waals surface area contributed by atoms with Crippen molar-refractivity contribution in [2.75, 3.05) is 5.32 Å². The molecule has 0 radical (unpaired) electrons. The molecule has 0 aliphatic carbocycles. The van der Waals surface area contributed by atoms with E-state index in [4.69, 9.17) is 11.6 Å². The molecule has 1 amide bonds. The molecule has 3 aromatic carbocycles. The van der Waals surface area contributed by atoms with E-state index in [9.17, 15) is 20.2 Å². The van der Waals surface area contributed by atoms with Gasteiger partial charge in [-0.3, -0.25) is 14.9 Å². The van der Waals surface area contributed by atoms with Crippen LogP contribution in [0.4, 0.5) is 11.4 Å². The summed E-state index contributed by atoms with van der Waals surface area (Å²) in [5.74, 6) is -0.592. The number of nitro groups is 1. The van der Waals surface area contributed by atoms with Crippen molar-refractivity contribution in [1.29, 1.82) is 5.26 Å². The first-order valence-corrected chi connectivity index (χ1v) is 9.86. The van der Waals surface area contributed by atoms with Crippen molar-refractivity contribution in [3.8, 4) is 6.07 Å². The number of benzene rings is 3. The minimum Gasteiger partial charge on any atom is -0.321 e. The first-order chi connectivity index (χ1) is 14.5. The second-order valence-corrected chi connectivity index (χ2v) is 7.58. The fourth-order valence-corrected chi connectivity index (χ4v) is 3.54. The van der Waals surface area contributed by atoms with Crippen molar-refractivity contribution in [1.82, 2.24) is 0 Å². The van der Waals surface area contributed by atoms with Crippen LogP contribution in [-0.4, -0.2) is 10.8 Å². The molecule has 0 aliphatic rings. The van der Waals surface area contributed by atoms with E-state index in [1.807, 2.05) is 6.07 Å². The third-order valence-electron chi connectivity index (χ3n) is 3.93.